The number of hydrogen-bond acceptors (Lipinski definition) is 4. The first kappa shape index (κ1) is 20.4. The Balaban J connectivity index is 0.00000288. The van der Waals surface area contributed by atoms with Gasteiger partial charge in [-0.1, -0.05) is 26.8 Å². The third-order valence-electron chi connectivity index (χ3n) is 3.35. The summed E-state index contributed by atoms with van der Waals surface area (Å²) in [5.74, 6) is 2.27. The lowest BCUT2D eigenvalue weighted by atomic mass is 9.94. The molecular weight excluding hydrogens is 417 g/mol. The summed E-state index contributed by atoms with van der Waals surface area (Å²) in [6.07, 6.45) is 6.33. The van der Waals surface area contributed by atoms with Gasteiger partial charge >= 0.3 is 0 Å². The van der Waals surface area contributed by atoms with Gasteiger partial charge < -0.3 is 15.1 Å². The Morgan fingerprint density at radius 2 is 2.04 bits per heavy atom. The van der Waals surface area contributed by atoms with Crippen LogP contribution in [0.3, 0.4) is 0 Å². The molecule has 0 spiro atoms. The van der Waals surface area contributed by atoms with Crippen LogP contribution in [0.5, 0.6) is 0 Å². The van der Waals surface area contributed by atoms with Crippen LogP contribution in [0.1, 0.15) is 38.0 Å². The van der Waals surface area contributed by atoms with E-state index in [1.165, 1.54) is 5.56 Å². The first-order chi connectivity index (χ1) is 11.0. The van der Waals surface area contributed by atoms with E-state index < -0.39 is 0 Å². The Kier molecular flexibility index (Phi) is 8.17. The number of nitrogens with one attached hydrogen (secondary N) is 2. The quantitative estimate of drug-likeness (QED) is 0.422. The van der Waals surface area contributed by atoms with E-state index in [9.17, 15) is 0 Å². The number of aliphatic imine (C=N–C) groups is 1. The fraction of sp³-hybridized carbons (Fsp3) is 0.471. The minimum Gasteiger partial charge on any atom is -0.443 e. The lowest BCUT2D eigenvalue weighted by Gasteiger charge is -2.13. The van der Waals surface area contributed by atoms with E-state index in [0.717, 1.165) is 24.7 Å². The predicted octanol–water partition coefficient (Wildman–Crippen LogP) is 2.89. The number of nitrogens with zero attached hydrogens (tertiary/aromatic N) is 3. The zero-order valence-electron chi connectivity index (χ0n) is 14.7. The Bertz CT molecular complexity index is 634. The molecule has 0 saturated heterocycles. The molecule has 7 heteroatoms. The van der Waals surface area contributed by atoms with Crippen LogP contribution in [0, 0.1) is 0 Å². The van der Waals surface area contributed by atoms with Crippen LogP contribution < -0.4 is 10.6 Å². The van der Waals surface area contributed by atoms with Crippen molar-refractivity contribution in [3.63, 3.8) is 0 Å². The van der Waals surface area contributed by atoms with E-state index >= 15 is 0 Å². The smallest absolute Gasteiger partial charge is 0.213 e. The summed E-state index contributed by atoms with van der Waals surface area (Å²) >= 11 is 0. The van der Waals surface area contributed by atoms with Crippen LogP contribution in [0.2, 0.25) is 0 Å². The summed E-state index contributed by atoms with van der Waals surface area (Å²) < 4.78 is 5.75. The molecule has 0 fully saturated rings. The van der Waals surface area contributed by atoms with Crippen molar-refractivity contribution >= 4 is 29.9 Å². The van der Waals surface area contributed by atoms with Crippen LogP contribution in [-0.2, 0) is 18.4 Å². The number of rotatable bonds is 5. The molecule has 2 heterocycles. The molecule has 0 atom stereocenters. The number of halogens is 1. The highest BCUT2D eigenvalue weighted by Gasteiger charge is 2.19. The summed E-state index contributed by atoms with van der Waals surface area (Å²) in [5, 5.41) is 6.47. The molecule has 2 aromatic rings. The van der Waals surface area contributed by atoms with Gasteiger partial charge in [0.2, 0.25) is 5.89 Å². The van der Waals surface area contributed by atoms with Crippen LogP contribution >= 0.6 is 24.0 Å². The van der Waals surface area contributed by atoms with E-state index in [4.69, 9.17) is 4.42 Å². The van der Waals surface area contributed by atoms with E-state index in [0.29, 0.717) is 12.4 Å². The summed E-state index contributed by atoms with van der Waals surface area (Å²) in [5.41, 5.74) is 1.16. The van der Waals surface area contributed by atoms with E-state index in [2.05, 4.69) is 52.4 Å². The van der Waals surface area contributed by atoms with Gasteiger partial charge in [-0.25, -0.2) is 4.98 Å². The largest absolute Gasteiger partial charge is 0.443 e. The maximum absolute atomic E-state index is 5.75. The zero-order chi connectivity index (χ0) is 16.7. The summed E-state index contributed by atoms with van der Waals surface area (Å²) in [6.45, 7) is 7.59. The number of guanidine groups is 1. The van der Waals surface area contributed by atoms with Crippen LogP contribution in [0.15, 0.2) is 40.1 Å². The summed E-state index contributed by atoms with van der Waals surface area (Å²) in [6, 6.07) is 4.00. The second-order valence-corrected chi connectivity index (χ2v) is 6.33. The normalized spacial score (nSPS) is 11.8. The molecule has 0 aliphatic heterocycles. The lowest BCUT2D eigenvalue weighted by molar-refractivity contribution is 0.379. The fourth-order valence-electron chi connectivity index (χ4n) is 1.99. The Labute approximate surface area is 160 Å². The number of hydrogen-bond donors (Lipinski definition) is 2. The van der Waals surface area contributed by atoms with Crippen molar-refractivity contribution in [1.29, 1.82) is 0 Å². The summed E-state index contributed by atoms with van der Waals surface area (Å²) in [7, 11) is 1.75. The van der Waals surface area contributed by atoms with Gasteiger partial charge in [0, 0.05) is 31.4 Å². The molecule has 0 aliphatic carbocycles. The third kappa shape index (κ3) is 6.46. The topological polar surface area (TPSA) is 75.3 Å². The average Bonchev–Trinajstić information content (AvgIpc) is 3.01. The Morgan fingerprint density at radius 1 is 1.25 bits per heavy atom. The SMILES string of the molecule is CN=C(NCCc1cccnc1)NCc1ncc(C(C)(C)C)o1.I. The highest BCUT2D eigenvalue weighted by molar-refractivity contribution is 14.0. The maximum Gasteiger partial charge on any atom is 0.213 e. The van der Waals surface area contributed by atoms with Gasteiger partial charge in [-0.15, -0.1) is 24.0 Å². The predicted molar refractivity (Wildman–Crippen MR) is 107 cm³/mol. The molecule has 24 heavy (non-hydrogen) atoms. The average molecular weight is 443 g/mol. The van der Waals surface area contributed by atoms with Crippen molar-refractivity contribution < 1.29 is 4.42 Å². The molecule has 6 nitrogen and oxygen atoms in total. The number of pyridine rings is 1. The molecule has 0 aliphatic rings. The van der Waals surface area contributed by atoms with Crippen LogP contribution in [0.25, 0.3) is 0 Å². The van der Waals surface area contributed by atoms with Gasteiger partial charge in [-0.2, -0.15) is 0 Å². The molecule has 0 bridgehead atoms. The lowest BCUT2D eigenvalue weighted by Crippen LogP contribution is -2.37. The van der Waals surface area contributed by atoms with Crippen LogP contribution in [0.4, 0.5) is 0 Å². The molecule has 2 N–H and O–H groups in total. The van der Waals surface area contributed by atoms with Crippen molar-refractivity contribution in [2.75, 3.05) is 13.6 Å². The Morgan fingerprint density at radius 3 is 2.62 bits per heavy atom. The molecule has 2 aromatic heterocycles. The minimum absolute atomic E-state index is 0. The van der Waals surface area contributed by atoms with Crippen molar-refractivity contribution in [3.8, 4) is 0 Å². The van der Waals surface area contributed by atoms with E-state index in [-0.39, 0.29) is 29.4 Å². The molecule has 132 valence electrons. The van der Waals surface area contributed by atoms with E-state index in [1.54, 1.807) is 19.4 Å². The van der Waals surface area contributed by atoms with Gasteiger partial charge in [0.15, 0.2) is 5.96 Å². The van der Waals surface area contributed by atoms with Gasteiger partial charge in [0.25, 0.3) is 0 Å². The van der Waals surface area contributed by atoms with Gasteiger partial charge in [-0.05, 0) is 18.1 Å². The summed E-state index contributed by atoms with van der Waals surface area (Å²) in [4.78, 5) is 12.6. The van der Waals surface area contributed by atoms with Gasteiger partial charge in [0.05, 0.1) is 12.7 Å². The molecular formula is C17H26IN5O. The molecule has 0 unspecified atom stereocenters. The van der Waals surface area contributed by atoms with Crippen molar-refractivity contribution in [1.82, 2.24) is 20.6 Å². The number of aromatic nitrogens is 2. The fourth-order valence-corrected chi connectivity index (χ4v) is 1.99. The third-order valence-corrected chi connectivity index (χ3v) is 3.35. The highest BCUT2D eigenvalue weighted by Crippen LogP contribution is 2.22. The second-order valence-electron chi connectivity index (χ2n) is 6.33. The monoisotopic (exact) mass is 443 g/mol. The molecule has 0 radical (unpaired) electrons. The first-order valence-corrected chi connectivity index (χ1v) is 7.77. The van der Waals surface area contributed by atoms with Crippen molar-refractivity contribution in [2.24, 2.45) is 4.99 Å². The van der Waals surface area contributed by atoms with Gasteiger partial charge in [-0.3, -0.25) is 9.98 Å². The Hall–Kier alpha value is -1.64. The minimum atomic E-state index is -0.0328. The molecule has 2 rings (SSSR count). The van der Waals surface area contributed by atoms with Crippen molar-refractivity contribution in [3.05, 3.63) is 47.9 Å². The highest BCUT2D eigenvalue weighted by atomic mass is 127. The number of oxazole rings is 1. The molecule has 0 amide bonds. The molecule has 0 aromatic carbocycles. The standard InChI is InChI=1S/C17H25N5O.HI/c1-17(2,3)14-11-21-15(23-14)12-22-16(18-4)20-9-7-13-6-5-8-19-10-13;/h5-6,8,10-11H,7,9,12H2,1-4H3,(H2,18,20,22);1H. The molecule has 0 saturated carbocycles. The second kappa shape index (κ2) is 9.61. The first-order valence-electron chi connectivity index (χ1n) is 7.77. The van der Waals surface area contributed by atoms with Crippen LogP contribution in [-0.4, -0.2) is 29.5 Å². The van der Waals surface area contributed by atoms with E-state index in [1.807, 2.05) is 12.3 Å². The zero-order valence-corrected chi connectivity index (χ0v) is 17.0. The van der Waals surface area contributed by atoms with Gasteiger partial charge in [0.1, 0.15) is 5.76 Å². The maximum atomic E-state index is 5.75. The van der Waals surface area contributed by atoms with Crippen molar-refractivity contribution in [2.45, 2.75) is 39.2 Å².